The average Bonchev–Trinajstić information content (AvgIpc) is 2.91. The molecule has 2 aliphatic heterocycles. The molecular weight excluding hydrogens is 258 g/mol. The molecule has 0 aliphatic carbocycles. The predicted octanol–water partition coefficient (Wildman–Crippen LogP) is -0.332. The molecule has 106 valence electrons. The zero-order valence-electron chi connectivity index (χ0n) is 11.1. The first-order chi connectivity index (χ1) is 9.75. The lowest BCUT2D eigenvalue weighted by Gasteiger charge is -2.27. The Balaban J connectivity index is 1.63. The summed E-state index contributed by atoms with van der Waals surface area (Å²) in [6.07, 6.45) is 0. The molecule has 0 saturated carbocycles. The summed E-state index contributed by atoms with van der Waals surface area (Å²) >= 11 is 0. The van der Waals surface area contributed by atoms with Crippen LogP contribution < -0.4 is 15.4 Å². The Bertz CT molecular complexity index is 526. The number of hydrogen-bond donors (Lipinski definition) is 2. The summed E-state index contributed by atoms with van der Waals surface area (Å²) in [5, 5.41) is 5.91. The molecule has 1 saturated heterocycles. The van der Waals surface area contributed by atoms with Crippen LogP contribution in [0.15, 0.2) is 24.3 Å². The molecule has 2 aliphatic rings. The largest absolute Gasteiger partial charge is 0.491 e. The van der Waals surface area contributed by atoms with Crippen LogP contribution >= 0.6 is 0 Å². The summed E-state index contributed by atoms with van der Waals surface area (Å²) in [6, 6.07) is 7.30. The van der Waals surface area contributed by atoms with Crippen LogP contribution in [0.5, 0.6) is 5.75 Å². The third-order valence-electron chi connectivity index (χ3n) is 3.60. The van der Waals surface area contributed by atoms with Crippen LogP contribution in [0.2, 0.25) is 0 Å². The molecule has 0 radical (unpaired) electrons. The van der Waals surface area contributed by atoms with Gasteiger partial charge in [-0.25, -0.2) is 0 Å². The number of piperazine rings is 1. The van der Waals surface area contributed by atoms with Crippen LogP contribution in [0.4, 0.5) is 0 Å². The molecule has 6 nitrogen and oxygen atoms in total. The standard InChI is InChI=1S/C14H17N3O3/c18-13(14(19)17-7-5-15-6-8-17)16-11-9-20-12-4-2-1-3-10(11)12/h1-4,11,15H,5-9H2,(H,16,18). The molecule has 2 amide bonds. The summed E-state index contributed by atoms with van der Waals surface area (Å²) in [5.74, 6) is -0.250. The van der Waals surface area contributed by atoms with E-state index >= 15 is 0 Å². The number of ether oxygens (including phenoxy) is 1. The third-order valence-corrected chi connectivity index (χ3v) is 3.60. The number of hydrogen-bond acceptors (Lipinski definition) is 4. The zero-order chi connectivity index (χ0) is 13.9. The normalized spacial score (nSPS) is 21.0. The maximum Gasteiger partial charge on any atom is 0.311 e. The van der Waals surface area contributed by atoms with Gasteiger partial charge in [0, 0.05) is 31.7 Å². The lowest BCUT2D eigenvalue weighted by Crippen LogP contribution is -2.51. The van der Waals surface area contributed by atoms with Crippen molar-refractivity contribution in [1.82, 2.24) is 15.5 Å². The van der Waals surface area contributed by atoms with Crippen molar-refractivity contribution in [3.63, 3.8) is 0 Å². The van der Waals surface area contributed by atoms with Gasteiger partial charge in [-0.1, -0.05) is 18.2 Å². The van der Waals surface area contributed by atoms with Gasteiger partial charge in [0.25, 0.3) is 0 Å². The Labute approximate surface area is 117 Å². The lowest BCUT2D eigenvalue weighted by atomic mass is 10.1. The fourth-order valence-electron chi connectivity index (χ4n) is 2.51. The highest BCUT2D eigenvalue weighted by molar-refractivity contribution is 6.35. The maximum atomic E-state index is 12.0. The molecule has 6 heteroatoms. The summed E-state index contributed by atoms with van der Waals surface area (Å²) in [4.78, 5) is 25.6. The SMILES string of the molecule is O=C(NC1COc2ccccc21)C(=O)N1CCNCC1. The van der Waals surface area contributed by atoms with E-state index in [1.165, 1.54) is 0 Å². The van der Waals surface area contributed by atoms with Crippen LogP contribution in [-0.2, 0) is 9.59 Å². The van der Waals surface area contributed by atoms with Crippen molar-refractivity contribution in [3.8, 4) is 5.75 Å². The quantitative estimate of drug-likeness (QED) is 0.688. The van der Waals surface area contributed by atoms with E-state index in [4.69, 9.17) is 4.74 Å². The fourth-order valence-corrected chi connectivity index (χ4v) is 2.51. The van der Waals surface area contributed by atoms with E-state index in [1.54, 1.807) is 4.90 Å². The lowest BCUT2D eigenvalue weighted by molar-refractivity contribution is -0.146. The predicted molar refractivity (Wildman–Crippen MR) is 72.3 cm³/mol. The van der Waals surface area contributed by atoms with Crippen LogP contribution in [0.25, 0.3) is 0 Å². The van der Waals surface area contributed by atoms with Crippen LogP contribution in [0.3, 0.4) is 0 Å². The van der Waals surface area contributed by atoms with Crippen molar-refractivity contribution >= 4 is 11.8 Å². The van der Waals surface area contributed by atoms with E-state index in [0.29, 0.717) is 19.7 Å². The number of carbonyl (C=O) groups is 2. The number of carbonyl (C=O) groups excluding carboxylic acids is 2. The molecule has 1 aromatic rings. The Morgan fingerprint density at radius 1 is 1.25 bits per heavy atom. The van der Waals surface area contributed by atoms with Gasteiger partial charge in [-0.3, -0.25) is 9.59 Å². The first kappa shape index (κ1) is 12.9. The molecule has 3 rings (SSSR count). The van der Waals surface area contributed by atoms with E-state index in [2.05, 4.69) is 10.6 Å². The Hall–Kier alpha value is -2.08. The zero-order valence-corrected chi connectivity index (χ0v) is 11.1. The molecule has 1 fully saturated rings. The number of fused-ring (bicyclic) bond motifs is 1. The Morgan fingerprint density at radius 3 is 2.80 bits per heavy atom. The van der Waals surface area contributed by atoms with E-state index in [1.807, 2.05) is 24.3 Å². The van der Waals surface area contributed by atoms with Crippen molar-refractivity contribution in [1.29, 1.82) is 0 Å². The topological polar surface area (TPSA) is 70.7 Å². The van der Waals surface area contributed by atoms with Crippen molar-refractivity contribution < 1.29 is 14.3 Å². The van der Waals surface area contributed by atoms with Gasteiger partial charge in [-0.05, 0) is 6.07 Å². The van der Waals surface area contributed by atoms with Gasteiger partial charge in [0.2, 0.25) is 0 Å². The highest BCUT2D eigenvalue weighted by Gasteiger charge is 2.29. The van der Waals surface area contributed by atoms with Crippen LogP contribution in [0, 0.1) is 0 Å². The van der Waals surface area contributed by atoms with E-state index in [9.17, 15) is 9.59 Å². The first-order valence-electron chi connectivity index (χ1n) is 6.78. The van der Waals surface area contributed by atoms with Gasteiger partial charge in [-0.2, -0.15) is 0 Å². The molecular formula is C14H17N3O3. The second-order valence-electron chi connectivity index (χ2n) is 4.92. The summed E-state index contributed by atoms with van der Waals surface area (Å²) in [6.45, 7) is 2.98. The molecule has 0 spiro atoms. The smallest absolute Gasteiger partial charge is 0.311 e. The number of benzene rings is 1. The second-order valence-corrected chi connectivity index (χ2v) is 4.92. The minimum atomic E-state index is -0.558. The van der Waals surface area contributed by atoms with Crippen molar-refractivity contribution in [2.45, 2.75) is 6.04 Å². The molecule has 1 unspecified atom stereocenters. The molecule has 20 heavy (non-hydrogen) atoms. The molecule has 1 atom stereocenters. The minimum absolute atomic E-state index is 0.245. The molecule has 2 heterocycles. The number of para-hydroxylation sites is 1. The van der Waals surface area contributed by atoms with Crippen molar-refractivity contribution in [2.24, 2.45) is 0 Å². The highest BCUT2D eigenvalue weighted by atomic mass is 16.5. The van der Waals surface area contributed by atoms with Gasteiger partial charge in [0.15, 0.2) is 0 Å². The maximum absolute atomic E-state index is 12.0. The Morgan fingerprint density at radius 2 is 2.00 bits per heavy atom. The number of rotatable bonds is 1. The van der Waals surface area contributed by atoms with Crippen LogP contribution in [0.1, 0.15) is 11.6 Å². The monoisotopic (exact) mass is 275 g/mol. The minimum Gasteiger partial charge on any atom is -0.491 e. The van der Waals surface area contributed by atoms with Crippen molar-refractivity contribution in [3.05, 3.63) is 29.8 Å². The van der Waals surface area contributed by atoms with Gasteiger partial charge in [0.05, 0.1) is 6.04 Å². The number of nitrogens with one attached hydrogen (secondary N) is 2. The van der Waals surface area contributed by atoms with Gasteiger partial charge in [0.1, 0.15) is 12.4 Å². The van der Waals surface area contributed by atoms with E-state index < -0.39 is 11.8 Å². The van der Waals surface area contributed by atoms with Gasteiger partial charge in [-0.15, -0.1) is 0 Å². The fraction of sp³-hybridized carbons (Fsp3) is 0.429. The average molecular weight is 275 g/mol. The third kappa shape index (κ3) is 2.46. The Kier molecular flexibility index (Phi) is 3.56. The van der Waals surface area contributed by atoms with Crippen molar-refractivity contribution in [2.75, 3.05) is 32.8 Å². The molecule has 0 bridgehead atoms. The summed E-state index contributed by atoms with van der Waals surface area (Å²) < 4.78 is 5.49. The van der Waals surface area contributed by atoms with E-state index in [-0.39, 0.29) is 6.04 Å². The van der Waals surface area contributed by atoms with E-state index in [0.717, 1.165) is 24.4 Å². The molecule has 1 aromatic carbocycles. The molecule has 2 N–H and O–H groups in total. The van der Waals surface area contributed by atoms with Gasteiger partial charge < -0.3 is 20.3 Å². The number of amides is 2. The van der Waals surface area contributed by atoms with Crippen LogP contribution in [-0.4, -0.2) is 49.5 Å². The van der Waals surface area contributed by atoms with Gasteiger partial charge >= 0.3 is 11.8 Å². The highest BCUT2D eigenvalue weighted by Crippen LogP contribution is 2.31. The summed E-state index contributed by atoms with van der Waals surface area (Å²) in [5.41, 5.74) is 0.925. The summed E-state index contributed by atoms with van der Waals surface area (Å²) in [7, 11) is 0. The second kappa shape index (κ2) is 5.50. The number of nitrogens with zero attached hydrogens (tertiary/aromatic N) is 1. The molecule has 0 aromatic heterocycles. The first-order valence-corrected chi connectivity index (χ1v) is 6.78.